The summed E-state index contributed by atoms with van der Waals surface area (Å²) < 4.78 is 0. The first-order valence-corrected chi connectivity index (χ1v) is 8.59. The quantitative estimate of drug-likeness (QED) is 0.740. The van der Waals surface area contributed by atoms with Gasteiger partial charge in [0, 0.05) is 12.4 Å². The molecule has 0 fully saturated rings. The number of thiazole rings is 1. The molecule has 1 amide bonds. The van der Waals surface area contributed by atoms with Crippen LogP contribution >= 0.6 is 22.7 Å². The average Bonchev–Trinajstić information content (AvgIpc) is 3.25. The zero-order chi connectivity index (χ0) is 16.3. The van der Waals surface area contributed by atoms with Gasteiger partial charge in [0.1, 0.15) is 10.5 Å². The Bertz CT molecular complexity index is 785. The van der Waals surface area contributed by atoms with Crippen LogP contribution in [0.1, 0.15) is 22.2 Å². The maximum absolute atomic E-state index is 12.2. The SMILES string of the molecule is CC(O)(CNC(=O)c1cnc(-c2ncccn2)s1)c1ccsc1. The van der Waals surface area contributed by atoms with Gasteiger partial charge in [-0.25, -0.2) is 15.0 Å². The molecule has 0 aliphatic rings. The zero-order valence-corrected chi connectivity index (χ0v) is 13.9. The van der Waals surface area contributed by atoms with Crippen LogP contribution in [-0.4, -0.2) is 32.5 Å². The molecule has 2 N–H and O–H groups in total. The lowest BCUT2D eigenvalue weighted by atomic mass is 9.99. The van der Waals surface area contributed by atoms with Gasteiger partial charge in [0.15, 0.2) is 10.8 Å². The number of aromatic nitrogens is 3. The first-order chi connectivity index (χ1) is 11.1. The molecule has 1 atom stereocenters. The molecule has 118 valence electrons. The normalized spacial score (nSPS) is 13.5. The summed E-state index contributed by atoms with van der Waals surface area (Å²) in [5, 5.41) is 17.5. The second-order valence-electron chi connectivity index (χ2n) is 5.07. The summed E-state index contributed by atoms with van der Waals surface area (Å²) in [5.74, 6) is 0.210. The van der Waals surface area contributed by atoms with Crippen molar-refractivity contribution in [3.05, 3.63) is 51.9 Å². The molecule has 1 unspecified atom stereocenters. The van der Waals surface area contributed by atoms with E-state index in [1.165, 1.54) is 28.9 Å². The fraction of sp³-hybridized carbons (Fsp3) is 0.200. The van der Waals surface area contributed by atoms with Crippen LogP contribution in [0.4, 0.5) is 0 Å². The molecule has 0 saturated carbocycles. The maximum atomic E-state index is 12.2. The van der Waals surface area contributed by atoms with E-state index in [1.54, 1.807) is 25.4 Å². The predicted molar refractivity (Wildman–Crippen MR) is 89.4 cm³/mol. The molecular formula is C15H14N4O2S2. The Morgan fingerprint density at radius 3 is 2.83 bits per heavy atom. The third-order valence-corrected chi connectivity index (χ3v) is 4.90. The Balaban J connectivity index is 1.66. The number of nitrogens with one attached hydrogen (secondary N) is 1. The molecule has 23 heavy (non-hydrogen) atoms. The molecular weight excluding hydrogens is 332 g/mol. The van der Waals surface area contributed by atoms with Crippen LogP contribution in [-0.2, 0) is 5.60 Å². The number of hydrogen-bond acceptors (Lipinski definition) is 7. The van der Waals surface area contributed by atoms with E-state index in [-0.39, 0.29) is 12.5 Å². The van der Waals surface area contributed by atoms with Crippen LogP contribution in [0.15, 0.2) is 41.5 Å². The summed E-state index contributed by atoms with van der Waals surface area (Å²) in [5.41, 5.74) is -0.323. The number of carbonyl (C=O) groups is 1. The van der Waals surface area contributed by atoms with Gasteiger partial charge in [-0.2, -0.15) is 11.3 Å². The second-order valence-corrected chi connectivity index (χ2v) is 6.88. The van der Waals surface area contributed by atoms with E-state index in [9.17, 15) is 9.90 Å². The van der Waals surface area contributed by atoms with E-state index in [0.29, 0.717) is 15.7 Å². The van der Waals surface area contributed by atoms with Crippen LogP contribution in [0.5, 0.6) is 0 Å². The van der Waals surface area contributed by atoms with Crippen molar-refractivity contribution in [2.24, 2.45) is 0 Å². The number of nitrogens with zero attached hydrogens (tertiary/aromatic N) is 3. The molecule has 0 saturated heterocycles. The topological polar surface area (TPSA) is 88.0 Å². The second kappa shape index (κ2) is 6.53. The van der Waals surface area contributed by atoms with Gasteiger partial charge in [-0.1, -0.05) is 0 Å². The summed E-state index contributed by atoms with van der Waals surface area (Å²) in [6.07, 6.45) is 4.74. The van der Waals surface area contributed by atoms with Crippen molar-refractivity contribution >= 4 is 28.6 Å². The Hall–Kier alpha value is -2.16. The Kier molecular flexibility index (Phi) is 4.46. The van der Waals surface area contributed by atoms with E-state index >= 15 is 0 Å². The fourth-order valence-electron chi connectivity index (χ4n) is 1.90. The molecule has 3 aromatic rings. The summed E-state index contributed by atoms with van der Waals surface area (Å²) in [4.78, 5) is 25.1. The lowest BCUT2D eigenvalue weighted by Crippen LogP contribution is -2.38. The largest absolute Gasteiger partial charge is 0.384 e. The molecule has 0 aliphatic heterocycles. The van der Waals surface area contributed by atoms with Gasteiger partial charge in [-0.3, -0.25) is 4.79 Å². The standard InChI is InChI=1S/C15H14N4O2S2/c1-15(21,10-3-6-22-8-10)9-19-13(20)11-7-18-14(23-11)12-16-4-2-5-17-12/h2-8,21H,9H2,1H3,(H,19,20). The van der Waals surface area contributed by atoms with E-state index in [1.807, 2.05) is 16.8 Å². The Morgan fingerprint density at radius 1 is 1.35 bits per heavy atom. The van der Waals surface area contributed by atoms with Crippen molar-refractivity contribution < 1.29 is 9.90 Å². The smallest absolute Gasteiger partial charge is 0.263 e. The molecule has 6 nitrogen and oxygen atoms in total. The number of aliphatic hydroxyl groups is 1. The summed E-state index contributed by atoms with van der Waals surface area (Å²) in [7, 11) is 0. The maximum Gasteiger partial charge on any atom is 0.263 e. The Labute approximate surface area is 140 Å². The molecule has 3 rings (SSSR count). The molecule has 3 heterocycles. The molecule has 0 aliphatic carbocycles. The number of hydrogen-bond donors (Lipinski definition) is 2. The lowest BCUT2D eigenvalue weighted by Gasteiger charge is -2.22. The van der Waals surface area contributed by atoms with Crippen LogP contribution in [0.25, 0.3) is 10.8 Å². The minimum absolute atomic E-state index is 0.123. The van der Waals surface area contributed by atoms with Gasteiger partial charge < -0.3 is 10.4 Å². The third kappa shape index (κ3) is 3.61. The summed E-state index contributed by atoms with van der Waals surface area (Å²) >= 11 is 2.72. The fourth-order valence-corrected chi connectivity index (χ4v) is 3.47. The highest BCUT2D eigenvalue weighted by atomic mass is 32.1. The van der Waals surface area contributed by atoms with Crippen molar-refractivity contribution in [3.63, 3.8) is 0 Å². The molecule has 0 aromatic carbocycles. The van der Waals surface area contributed by atoms with E-state index in [0.717, 1.165) is 5.56 Å². The highest BCUT2D eigenvalue weighted by Gasteiger charge is 2.25. The molecule has 3 aromatic heterocycles. The van der Waals surface area contributed by atoms with Crippen molar-refractivity contribution in [2.75, 3.05) is 6.54 Å². The predicted octanol–water partition coefficient (Wildman–Crippen LogP) is 2.30. The van der Waals surface area contributed by atoms with Crippen LogP contribution in [0.2, 0.25) is 0 Å². The van der Waals surface area contributed by atoms with Crippen LogP contribution in [0, 0.1) is 0 Å². The van der Waals surface area contributed by atoms with Gasteiger partial charge in [0.25, 0.3) is 5.91 Å². The lowest BCUT2D eigenvalue weighted by molar-refractivity contribution is 0.0531. The van der Waals surface area contributed by atoms with E-state index in [2.05, 4.69) is 20.3 Å². The zero-order valence-electron chi connectivity index (χ0n) is 12.3. The summed E-state index contributed by atoms with van der Waals surface area (Å²) in [6, 6.07) is 3.56. The van der Waals surface area contributed by atoms with Crippen molar-refractivity contribution in [2.45, 2.75) is 12.5 Å². The van der Waals surface area contributed by atoms with Gasteiger partial charge in [0.05, 0.1) is 12.7 Å². The van der Waals surface area contributed by atoms with E-state index in [4.69, 9.17) is 0 Å². The first kappa shape index (κ1) is 15.7. The van der Waals surface area contributed by atoms with Crippen molar-refractivity contribution in [1.29, 1.82) is 0 Å². The molecule has 0 spiro atoms. The minimum Gasteiger partial charge on any atom is -0.384 e. The highest BCUT2D eigenvalue weighted by molar-refractivity contribution is 7.16. The van der Waals surface area contributed by atoms with Crippen LogP contribution < -0.4 is 5.32 Å². The monoisotopic (exact) mass is 346 g/mol. The molecule has 0 radical (unpaired) electrons. The Morgan fingerprint density at radius 2 is 2.13 bits per heavy atom. The molecule has 8 heteroatoms. The number of carbonyl (C=O) groups excluding carboxylic acids is 1. The van der Waals surface area contributed by atoms with Crippen LogP contribution in [0.3, 0.4) is 0 Å². The minimum atomic E-state index is -1.11. The van der Waals surface area contributed by atoms with Gasteiger partial charge >= 0.3 is 0 Å². The number of rotatable bonds is 5. The number of amides is 1. The average molecular weight is 346 g/mol. The molecule has 0 bridgehead atoms. The van der Waals surface area contributed by atoms with Gasteiger partial charge in [-0.05, 0) is 35.4 Å². The van der Waals surface area contributed by atoms with Gasteiger partial charge in [-0.15, -0.1) is 11.3 Å². The summed E-state index contributed by atoms with van der Waals surface area (Å²) in [6.45, 7) is 1.79. The number of thiophene rings is 1. The first-order valence-electron chi connectivity index (χ1n) is 6.83. The highest BCUT2D eigenvalue weighted by Crippen LogP contribution is 2.24. The van der Waals surface area contributed by atoms with Crippen molar-refractivity contribution in [3.8, 4) is 10.8 Å². The third-order valence-electron chi connectivity index (χ3n) is 3.22. The van der Waals surface area contributed by atoms with Gasteiger partial charge in [0.2, 0.25) is 0 Å². The van der Waals surface area contributed by atoms with E-state index < -0.39 is 5.60 Å². The van der Waals surface area contributed by atoms with Crippen molar-refractivity contribution in [1.82, 2.24) is 20.3 Å².